The van der Waals surface area contributed by atoms with Crippen LogP contribution in [0, 0.1) is 15.9 Å². The smallest absolute Gasteiger partial charge is 0.270 e. The second-order valence-electron chi connectivity index (χ2n) is 7.53. The predicted octanol–water partition coefficient (Wildman–Crippen LogP) is 3.03. The number of benzene rings is 2. The number of hydrogen-bond acceptors (Lipinski definition) is 5. The Morgan fingerprint density at radius 1 is 1.17 bits per heavy atom. The Hall–Kier alpha value is -3.00. The normalized spacial score (nSPS) is 17.6. The summed E-state index contributed by atoms with van der Waals surface area (Å²) in [6, 6.07) is 10.7. The van der Waals surface area contributed by atoms with E-state index in [0.29, 0.717) is 38.5 Å². The van der Waals surface area contributed by atoms with E-state index in [4.69, 9.17) is 4.74 Å². The number of morpholine rings is 1. The SMILES string of the molecule is O=C(NCC1(c2ccc(F)cc2)CC1)c1cc([N+](=O)[O-])ccc1N1CCOCC1. The van der Waals surface area contributed by atoms with Crippen molar-refractivity contribution < 1.29 is 18.8 Å². The highest BCUT2D eigenvalue weighted by atomic mass is 19.1. The summed E-state index contributed by atoms with van der Waals surface area (Å²) >= 11 is 0. The first-order valence-corrected chi connectivity index (χ1v) is 9.64. The van der Waals surface area contributed by atoms with Gasteiger partial charge in [0.15, 0.2) is 0 Å². The first-order chi connectivity index (χ1) is 14.0. The van der Waals surface area contributed by atoms with Gasteiger partial charge in [-0.1, -0.05) is 12.1 Å². The van der Waals surface area contributed by atoms with Gasteiger partial charge < -0.3 is 15.0 Å². The third-order valence-corrected chi connectivity index (χ3v) is 5.68. The van der Waals surface area contributed by atoms with Crippen molar-refractivity contribution in [3.05, 3.63) is 69.5 Å². The van der Waals surface area contributed by atoms with Crippen molar-refractivity contribution >= 4 is 17.3 Å². The van der Waals surface area contributed by atoms with Gasteiger partial charge in [0, 0.05) is 37.2 Å². The number of anilines is 1. The van der Waals surface area contributed by atoms with E-state index in [1.54, 1.807) is 18.2 Å². The Kier molecular flexibility index (Phi) is 5.19. The average Bonchev–Trinajstić information content (AvgIpc) is 3.54. The quantitative estimate of drug-likeness (QED) is 0.596. The lowest BCUT2D eigenvalue weighted by atomic mass is 9.95. The number of ether oxygens (including phenoxy) is 1. The van der Waals surface area contributed by atoms with Gasteiger partial charge in [0.2, 0.25) is 0 Å². The molecule has 2 fully saturated rings. The molecule has 1 aliphatic carbocycles. The average molecular weight is 399 g/mol. The molecule has 4 rings (SSSR count). The summed E-state index contributed by atoms with van der Waals surface area (Å²) in [6.07, 6.45) is 1.81. The highest BCUT2D eigenvalue weighted by molar-refractivity contribution is 6.00. The zero-order chi connectivity index (χ0) is 20.4. The Morgan fingerprint density at radius 3 is 2.48 bits per heavy atom. The number of rotatable bonds is 6. The molecule has 0 bridgehead atoms. The first kappa shape index (κ1) is 19.3. The molecule has 0 atom stereocenters. The minimum atomic E-state index is -0.499. The van der Waals surface area contributed by atoms with E-state index >= 15 is 0 Å². The number of nitrogens with one attached hydrogen (secondary N) is 1. The number of amides is 1. The zero-order valence-electron chi connectivity index (χ0n) is 15.9. The van der Waals surface area contributed by atoms with Crippen molar-refractivity contribution in [2.45, 2.75) is 18.3 Å². The Labute approximate surface area is 167 Å². The monoisotopic (exact) mass is 399 g/mol. The number of hydrogen-bond donors (Lipinski definition) is 1. The van der Waals surface area contributed by atoms with E-state index in [2.05, 4.69) is 5.32 Å². The molecule has 0 aromatic heterocycles. The number of halogens is 1. The number of non-ortho nitro benzene ring substituents is 1. The number of carbonyl (C=O) groups excluding carboxylic acids is 1. The van der Waals surface area contributed by atoms with Crippen molar-refractivity contribution in [1.29, 1.82) is 0 Å². The molecule has 29 heavy (non-hydrogen) atoms. The van der Waals surface area contributed by atoms with Crippen LogP contribution in [0.5, 0.6) is 0 Å². The summed E-state index contributed by atoms with van der Waals surface area (Å²) in [5, 5.41) is 14.2. The van der Waals surface area contributed by atoms with E-state index in [1.165, 1.54) is 24.3 Å². The van der Waals surface area contributed by atoms with Crippen molar-refractivity contribution in [3.63, 3.8) is 0 Å². The fourth-order valence-electron chi connectivity index (χ4n) is 3.77. The second-order valence-corrected chi connectivity index (χ2v) is 7.53. The molecule has 0 unspecified atom stereocenters. The third-order valence-electron chi connectivity index (χ3n) is 5.68. The van der Waals surface area contributed by atoms with Crippen LogP contribution >= 0.6 is 0 Å². The topological polar surface area (TPSA) is 84.7 Å². The van der Waals surface area contributed by atoms with Crippen LogP contribution in [0.15, 0.2) is 42.5 Å². The molecular weight excluding hydrogens is 377 g/mol. The number of nitro groups is 1. The van der Waals surface area contributed by atoms with Crippen molar-refractivity contribution in [3.8, 4) is 0 Å². The molecule has 1 heterocycles. The van der Waals surface area contributed by atoms with Gasteiger partial charge in [0.1, 0.15) is 5.82 Å². The van der Waals surface area contributed by atoms with Crippen LogP contribution < -0.4 is 10.2 Å². The Balaban J connectivity index is 1.54. The molecule has 1 amide bonds. The summed E-state index contributed by atoms with van der Waals surface area (Å²) in [5.41, 5.74) is 1.64. The van der Waals surface area contributed by atoms with Gasteiger partial charge in [-0.05, 0) is 36.6 Å². The molecule has 1 N–H and O–H groups in total. The van der Waals surface area contributed by atoms with Crippen LogP contribution in [0.4, 0.5) is 15.8 Å². The minimum absolute atomic E-state index is 0.119. The maximum atomic E-state index is 13.2. The van der Waals surface area contributed by atoms with Gasteiger partial charge in [-0.2, -0.15) is 0 Å². The van der Waals surface area contributed by atoms with E-state index < -0.39 is 4.92 Å². The maximum Gasteiger partial charge on any atom is 0.270 e. The van der Waals surface area contributed by atoms with Gasteiger partial charge >= 0.3 is 0 Å². The maximum absolute atomic E-state index is 13.2. The lowest BCUT2D eigenvalue weighted by Crippen LogP contribution is -2.38. The lowest BCUT2D eigenvalue weighted by molar-refractivity contribution is -0.384. The van der Waals surface area contributed by atoms with E-state index in [1.807, 2.05) is 4.90 Å². The van der Waals surface area contributed by atoms with Gasteiger partial charge in [-0.3, -0.25) is 14.9 Å². The highest BCUT2D eigenvalue weighted by Crippen LogP contribution is 2.47. The predicted molar refractivity (Wildman–Crippen MR) is 106 cm³/mol. The van der Waals surface area contributed by atoms with Gasteiger partial charge in [-0.15, -0.1) is 0 Å². The fraction of sp³-hybridized carbons (Fsp3) is 0.381. The van der Waals surface area contributed by atoms with E-state index in [-0.39, 0.29) is 28.4 Å². The Morgan fingerprint density at radius 2 is 1.86 bits per heavy atom. The van der Waals surface area contributed by atoms with Gasteiger partial charge in [0.25, 0.3) is 11.6 Å². The van der Waals surface area contributed by atoms with Crippen molar-refractivity contribution in [2.75, 3.05) is 37.7 Å². The van der Waals surface area contributed by atoms with Crippen LogP contribution in [0.1, 0.15) is 28.8 Å². The molecule has 0 radical (unpaired) electrons. The van der Waals surface area contributed by atoms with Crippen molar-refractivity contribution in [2.24, 2.45) is 0 Å². The molecule has 2 aromatic rings. The summed E-state index contributed by atoms with van der Waals surface area (Å²) < 4.78 is 18.6. The molecular formula is C21H22FN3O4. The number of nitrogens with zero attached hydrogens (tertiary/aromatic N) is 2. The summed E-state index contributed by atoms with van der Waals surface area (Å²) in [6.45, 7) is 2.75. The summed E-state index contributed by atoms with van der Waals surface area (Å²) in [7, 11) is 0. The first-order valence-electron chi connectivity index (χ1n) is 9.64. The van der Waals surface area contributed by atoms with Crippen LogP contribution in [0.3, 0.4) is 0 Å². The van der Waals surface area contributed by atoms with Crippen molar-refractivity contribution in [1.82, 2.24) is 5.32 Å². The molecule has 2 aromatic carbocycles. The number of carbonyl (C=O) groups is 1. The van der Waals surface area contributed by atoms with E-state index in [0.717, 1.165) is 18.4 Å². The summed E-state index contributed by atoms with van der Waals surface area (Å²) in [4.78, 5) is 25.7. The zero-order valence-corrected chi connectivity index (χ0v) is 15.9. The lowest BCUT2D eigenvalue weighted by Gasteiger charge is -2.30. The minimum Gasteiger partial charge on any atom is -0.378 e. The molecule has 8 heteroatoms. The van der Waals surface area contributed by atoms with Crippen LogP contribution in [-0.4, -0.2) is 43.7 Å². The van der Waals surface area contributed by atoms with Crippen LogP contribution in [0.2, 0.25) is 0 Å². The van der Waals surface area contributed by atoms with Gasteiger partial charge in [0.05, 0.1) is 29.4 Å². The second kappa shape index (κ2) is 7.79. The molecule has 152 valence electrons. The number of nitro benzene ring substituents is 1. The summed E-state index contributed by atoms with van der Waals surface area (Å²) in [5.74, 6) is -0.635. The largest absolute Gasteiger partial charge is 0.378 e. The fourth-order valence-corrected chi connectivity index (χ4v) is 3.77. The Bertz CT molecular complexity index is 922. The van der Waals surface area contributed by atoms with Crippen LogP contribution in [0.25, 0.3) is 0 Å². The molecule has 2 aliphatic rings. The standard InChI is InChI=1S/C21H22FN3O4/c22-16-3-1-15(2-4-16)21(7-8-21)14-23-20(26)18-13-17(25(27)28)5-6-19(18)24-9-11-29-12-10-24/h1-6,13H,7-12,14H2,(H,23,26). The highest BCUT2D eigenvalue weighted by Gasteiger charge is 2.44. The molecule has 1 saturated carbocycles. The molecule has 1 saturated heterocycles. The van der Waals surface area contributed by atoms with Crippen LogP contribution in [-0.2, 0) is 10.2 Å². The van der Waals surface area contributed by atoms with Gasteiger partial charge in [-0.25, -0.2) is 4.39 Å². The third kappa shape index (κ3) is 4.07. The molecule has 1 aliphatic heterocycles. The van der Waals surface area contributed by atoms with E-state index in [9.17, 15) is 19.3 Å². The molecule has 7 nitrogen and oxygen atoms in total. The molecule has 0 spiro atoms.